The molecule has 3 rings (SSSR count). The van der Waals surface area contributed by atoms with Gasteiger partial charge < -0.3 is 25.6 Å². The van der Waals surface area contributed by atoms with Gasteiger partial charge in [-0.2, -0.15) is 0 Å². The van der Waals surface area contributed by atoms with Crippen LogP contribution < -0.4 is 20.5 Å². The molecule has 0 bridgehead atoms. The molecule has 0 saturated carbocycles. The smallest absolute Gasteiger partial charge is 0.326 e. The van der Waals surface area contributed by atoms with Crippen LogP contribution in [0, 0.1) is 5.82 Å². The van der Waals surface area contributed by atoms with E-state index in [9.17, 15) is 23.6 Å². The summed E-state index contributed by atoms with van der Waals surface area (Å²) >= 11 is 5.98. The molecule has 0 fully saturated rings. The molecule has 1 aliphatic heterocycles. The minimum Gasteiger partial charge on any atom is -0.484 e. The lowest BCUT2D eigenvalue weighted by Crippen LogP contribution is -2.43. The number of carboxylic acids is 1. The van der Waals surface area contributed by atoms with Gasteiger partial charge in [-0.1, -0.05) is 17.7 Å². The highest BCUT2D eigenvalue weighted by Gasteiger charge is 2.28. The molecule has 11 heteroatoms. The van der Waals surface area contributed by atoms with Crippen molar-refractivity contribution in [1.82, 2.24) is 5.32 Å². The van der Waals surface area contributed by atoms with Crippen molar-refractivity contribution < 1.29 is 38.1 Å². The number of amides is 2. The summed E-state index contributed by atoms with van der Waals surface area (Å²) in [7, 11) is 0. The van der Waals surface area contributed by atoms with E-state index in [1.165, 1.54) is 42.5 Å². The normalized spacial score (nSPS) is 14.4. The van der Waals surface area contributed by atoms with Crippen molar-refractivity contribution in [3.05, 3.63) is 64.1 Å². The standard InChI is InChI=1S/C22H18ClFN2O7/c23-14-2-1-3-15(24)13(14)9-18-21(29)12-5-4-11(8-17(12)33-18)32-10-20(28)26-16(22(30)31)6-7-19(25)27/h1-5,8-9,16H,6-7,10H2,(H2,25,27)(H,26,28)(H,30,31). The van der Waals surface area contributed by atoms with Gasteiger partial charge in [0.1, 0.15) is 23.4 Å². The first-order chi connectivity index (χ1) is 15.7. The number of hydrogen-bond acceptors (Lipinski definition) is 6. The van der Waals surface area contributed by atoms with Crippen LogP contribution in [0.25, 0.3) is 6.08 Å². The van der Waals surface area contributed by atoms with Gasteiger partial charge in [-0.05, 0) is 36.8 Å². The molecule has 1 aliphatic rings. The molecule has 1 atom stereocenters. The Morgan fingerprint density at radius 1 is 1.27 bits per heavy atom. The lowest BCUT2D eigenvalue weighted by atomic mass is 10.1. The average Bonchev–Trinajstić information content (AvgIpc) is 3.06. The van der Waals surface area contributed by atoms with Crippen LogP contribution >= 0.6 is 11.6 Å². The molecule has 2 amide bonds. The minimum absolute atomic E-state index is 0.00721. The van der Waals surface area contributed by atoms with E-state index in [1.807, 2.05) is 0 Å². The van der Waals surface area contributed by atoms with Gasteiger partial charge in [0.25, 0.3) is 5.91 Å². The molecular weight excluding hydrogens is 459 g/mol. The van der Waals surface area contributed by atoms with E-state index < -0.39 is 42.0 Å². The SMILES string of the molecule is NC(=O)CCC(NC(=O)COc1ccc2c(c1)OC(=Cc1c(F)cccc1Cl)C2=O)C(=O)O. The molecule has 2 aromatic rings. The van der Waals surface area contributed by atoms with Gasteiger partial charge in [0.2, 0.25) is 11.7 Å². The van der Waals surface area contributed by atoms with Crippen LogP contribution in [0.3, 0.4) is 0 Å². The summed E-state index contributed by atoms with van der Waals surface area (Å²) in [6.07, 6.45) is 0.834. The molecule has 172 valence electrons. The Labute approximate surface area is 191 Å². The second kappa shape index (κ2) is 10.1. The molecule has 0 aromatic heterocycles. The fourth-order valence-electron chi connectivity index (χ4n) is 2.97. The maximum atomic E-state index is 14.0. The van der Waals surface area contributed by atoms with Crippen LogP contribution in [-0.4, -0.2) is 41.3 Å². The van der Waals surface area contributed by atoms with E-state index in [0.29, 0.717) is 0 Å². The number of carboxylic acid groups (broad SMARTS) is 1. The zero-order valence-electron chi connectivity index (χ0n) is 17.0. The number of primary amides is 1. The van der Waals surface area contributed by atoms with Crippen molar-refractivity contribution in [3.63, 3.8) is 0 Å². The summed E-state index contributed by atoms with van der Waals surface area (Å²) in [5.41, 5.74) is 5.21. The Bertz CT molecular complexity index is 1150. The number of benzene rings is 2. The molecule has 1 heterocycles. The van der Waals surface area contributed by atoms with Gasteiger partial charge in [-0.15, -0.1) is 0 Å². The van der Waals surface area contributed by atoms with Crippen LogP contribution in [0.15, 0.2) is 42.2 Å². The number of Topliss-reactive ketones (excluding diaryl/α,β-unsaturated/α-hetero) is 1. The number of nitrogens with one attached hydrogen (secondary N) is 1. The highest BCUT2D eigenvalue weighted by Crippen LogP contribution is 2.35. The number of fused-ring (bicyclic) bond motifs is 1. The first-order valence-corrected chi connectivity index (χ1v) is 9.99. The van der Waals surface area contributed by atoms with Crippen LogP contribution in [0.5, 0.6) is 11.5 Å². The first kappa shape index (κ1) is 23.7. The Balaban J connectivity index is 1.65. The topological polar surface area (TPSA) is 145 Å². The summed E-state index contributed by atoms with van der Waals surface area (Å²) in [6.45, 7) is -0.527. The summed E-state index contributed by atoms with van der Waals surface area (Å²) in [6, 6.07) is 7.02. The second-order valence-corrected chi connectivity index (χ2v) is 7.39. The number of carbonyl (C=O) groups excluding carboxylic acids is 3. The Morgan fingerprint density at radius 2 is 2.03 bits per heavy atom. The minimum atomic E-state index is -1.32. The van der Waals surface area contributed by atoms with E-state index in [-0.39, 0.29) is 46.2 Å². The monoisotopic (exact) mass is 476 g/mol. The molecule has 0 radical (unpaired) electrons. The van der Waals surface area contributed by atoms with Crippen molar-refractivity contribution in [2.45, 2.75) is 18.9 Å². The fourth-order valence-corrected chi connectivity index (χ4v) is 3.18. The number of hydrogen-bond donors (Lipinski definition) is 3. The molecular formula is C22H18ClFN2O7. The Kier molecular flexibility index (Phi) is 7.29. The third-order valence-corrected chi connectivity index (χ3v) is 4.93. The number of allylic oxidation sites excluding steroid dienone is 1. The van der Waals surface area contributed by atoms with Crippen LogP contribution in [0.4, 0.5) is 4.39 Å². The van der Waals surface area contributed by atoms with E-state index >= 15 is 0 Å². The van der Waals surface area contributed by atoms with Crippen molar-refractivity contribution in [2.75, 3.05) is 6.61 Å². The lowest BCUT2D eigenvalue weighted by Gasteiger charge is -2.14. The third kappa shape index (κ3) is 5.86. The van der Waals surface area contributed by atoms with E-state index in [2.05, 4.69) is 5.32 Å². The predicted octanol–water partition coefficient (Wildman–Crippen LogP) is 2.31. The van der Waals surface area contributed by atoms with Crippen molar-refractivity contribution in [2.24, 2.45) is 5.73 Å². The fraction of sp³-hybridized carbons (Fsp3) is 0.182. The van der Waals surface area contributed by atoms with Gasteiger partial charge in [0, 0.05) is 18.1 Å². The van der Waals surface area contributed by atoms with E-state index in [4.69, 9.17) is 31.9 Å². The van der Waals surface area contributed by atoms with E-state index in [0.717, 1.165) is 0 Å². The van der Waals surface area contributed by atoms with Gasteiger partial charge in [0.05, 0.1) is 10.6 Å². The molecule has 1 unspecified atom stereocenters. The number of rotatable bonds is 9. The largest absolute Gasteiger partial charge is 0.484 e. The van der Waals surface area contributed by atoms with E-state index in [1.54, 1.807) is 0 Å². The number of nitrogens with two attached hydrogens (primary N) is 1. The third-order valence-electron chi connectivity index (χ3n) is 4.60. The van der Waals surface area contributed by atoms with Crippen LogP contribution in [0.1, 0.15) is 28.8 Å². The Morgan fingerprint density at radius 3 is 2.70 bits per heavy atom. The quantitative estimate of drug-likeness (QED) is 0.471. The van der Waals surface area contributed by atoms with Crippen molar-refractivity contribution in [1.29, 1.82) is 0 Å². The second-order valence-electron chi connectivity index (χ2n) is 6.99. The van der Waals surface area contributed by atoms with Crippen molar-refractivity contribution >= 4 is 41.2 Å². The zero-order valence-corrected chi connectivity index (χ0v) is 17.7. The zero-order chi connectivity index (χ0) is 24.1. The van der Waals surface area contributed by atoms with Crippen LogP contribution in [-0.2, 0) is 14.4 Å². The first-order valence-electron chi connectivity index (χ1n) is 9.61. The number of carbonyl (C=O) groups is 4. The van der Waals surface area contributed by atoms with Crippen molar-refractivity contribution in [3.8, 4) is 11.5 Å². The van der Waals surface area contributed by atoms with Gasteiger partial charge >= 0.3 is 5.97 Å². The number of aliphatic carboxylic acids is 1. The molecule has 0 spiro atoms. The summed E-state index contributed by atoms with van der Waals surface area (Å²) in [4.78, 5) is 46.6. The number of ether oxygens (including phenoxy) is 2. The Hall–Kier alpha value is -3.92. The summed E-state index contributed by atoms with van der Waals surface area (Å²) in [5.74, 6) is -3.66. The molecule has 4 N–H and O–H groups in total. The molecule has 0 aliphatic carbocycles. The summed E-state index contributed by atoms with van der Waals surface area (Å²) in [5, 5.41) is 11.5. The molecule has 9 nitrogen and oxygen atoms in total. The van der Waals surface area contributed by atoms with Gasteiger partial charge in [-0.25, -0.2) is 9.18 Å². The highest BCUT2D eigenvalue weighted by atomic mass is 35.5. The number of halogens is 2. The maximum absolute atomic E-state index is 14.0. The highest BCUT2D eigenvalue weighted by molar-refractivity contribution is 6.32. The van der Waals surface area contributed by atoms with Gasteiger partial charge in [-0.3, -0.25) is 14.4 Å². The number of ketones is 1. The molecule has 2 aromatic carbocycles. The molecule has 33 heavy (non-hydrogen) atoms. The van der Waals surface area contributed by atoms with Crippen LogP contribution in [0.2, 0.25) is 5.02 Å². The average molecular weight is 477 g/mol. The van der Waals surface area contributed by atoms with Gasteiger partial charge in [0.15, 0.2) is 12.4 Å². The maximum Gasteiger partial charge on any atom is 0.326 e. The predicted molar refractivity (Wildman–Crippen MR) is 114 cm³/mol. The lowest BCUT2D eigenvalue weighted by molar-refractivity contribution is -0.142. The summed E-state index contributed by atoms with van der Waals surface area (Å²) < 4.78 is 24.9. The molecule has 0 saturated heterocycles.